The highest BCUT2D eigenvalue weighted by Gasteiger charge is 2.06. The third-order valence-electron chi connectivity index (χ3n) is 3.13. The van der Waals surface area contributed by atoms with Crippen molar-refractivity contribution in [3.63, 3.8) is 0 Å². The van der Waals surface area contributed by atoms with Crippen molar-refractivity contribution in [3.05, 3.63) is 59.7 Å². The standard InChI is InChI=1S/C17H21NO2/c1-19-16-10-9-14(8-5-11-18)12-17(16)20-13-15-6-3-2-4-7-15/h2-4,6-7,9-10,12H,5,8,11,13,18H2,1H3. The van der Waals surface area contributed by atoms with E-state index in [-0.39, 0.29) is 0 Å². The van der Waals surface area contributed by atoms with Gasteiger partial charge in [-0.05, 0) is 42.6 Å². The number of nitrogens with two attached hydrogens (primary N) is 1. The summed E-state index contributed by atoms with van der Waals surface area (Å²) in [7, 11) is 1.66. The summed E-state index contributed by atoms with van der Waals surface area (Å²) in [6.07, 6.45) is 1.94. The van der Waals surface area contributed by atoms with E-state index in [2.05, 4.69) is 6.07 Å². The van der Waals surface area contributed by atoms with Crippen molar-refractivity contribution in [2.75, 3.05) is 13.7 Å². The number of ether oxygens (including phenoxy) is 2. The van der Waals surface area contributed by atoms with Crippen LogP contribution in [-0.4, -0.2) is 13.7 Å². The van der Waals surface area contributed by atoms with Gasteiger partial charge >= 0.3 is 0 Å². The average molecular weight is 271 g/mol. The van der Waals surface area contributed by atoms with Gasteiger partial charge in [0.2, 0.25) is 0 Å². The maximum absolute atomic E-state index is 5.88. The van der Waals surface area contributed by atoms with Crippen LogP contribution in [0.5, 0.6) is 11.5 Å². The van der Waals surface area contributed by atoms with E-state index in [0.717, 1.165) is 29.9 Å². The van der Waals surface area contributed by atoms with Gasteiger partial charge in [-0.3, -0.25) is 0 Å². The van der Waals surface area contributed by atoms with E-state index in [1.54, 1.807) is 7.11 Å². The number of methoxy groups -OCH3 is 1. The number of rotatable bonds is 7. The molecule has 0 amide bonds. The van der Waals surface area contributed by atoms with Crippen molar-refractivity contribution in [1.82, 2.24) is 0 Å². The van der Waals surface area contributed by atoms with Crippen LogP contribution >= 0.6 is 0 Å². The normalized spacial score (nSPS) is 10.3. The zero-order valence-corrected chi connectivity index (χ0v) is 11.8. The van der Waals surface area contributed by atoms with E-state index in [9.17, 15) is 0 Å². The highest BCUT2D eigenvalue weighted by Crippen LogP contribution is 2.29. The largest absolute Gasteiger partial charge is 0.493 e. The minimum atomic E-state index is 0.539. The molecule has 0 fully saturated rings. The minimum absolute atomic E-state index is 0.539. The predicted molar refractivity (Wildman–Crippen MR) is 81.1 cm³/mol. The van der Waals surface area contributed by atoms with E-state index in [4.69, 9.17) is 15.2 Å². The van der Waals surface area contributed by atoms with Crippen molar-refractivity contribution in [2.45, 2.75) is 19.4 Å². The van der Waals surface area contributed by atoms with Gasteiger partial charge in [0.15, 0.2) is 11.5 Å². The zero-order valence-electron chi connectivity index (χ0n) is 11.8. The molecule has 0 saturated heterocycles. The maximum Gasteiger partial charge on any atom is 0.161 e. The first-order valence-corrected chi connectivity index (χ1v) is 6.87. The summed E-state index contributed by atoms with van der Waals surface area (Å²) in [4.78, 5) is 0. The van der Waals surface area contributed by atoms with Gasteiger partial charge in [-0.15, -0.1) is 0 Å². The summed E-state index contributed by atoms with van der Waals surface area (Å²) >= 11 is 0. The molecule has 0 aliphatic rings. The Bertz CT molecular complexity index is 526. The Morgan fingerprint density at radius 3 is 2.45 bits per heavy atom. The molecule has 0 heterocycles. The second kappa shape index (κ2) is 7.56. The van der Waals surface area contributed by atoms with Gasteiger partial charge in [0.05, 0.1) is 7.11 Å². The highest BCUT2D eigenvalue weighted by molar-refractivity contribution is 5.43. The predicted octanol–water partition coefficient (Wildman–Crippen LogP) is 3.17. The van der Waals surface area contributed by atoms with Gasteiger partial charge in [-0.2, -0.15) is 0 Å². The molecule has 2 aromatic carbocycles. The molecular weight excluding hydrogens is 250 g/mol. The molecule has 0 aromatic heterocycles. The molecule has 0 unspecified atom stereocenters. The van der Waals surface area contributed by atoms with Gasteiger partial charge in [0.25, 0.3) is 0 Å². The quantitative estimate of drug-likeness (QED) is 0.841. The molecular formula is C17H21NO2. The fourth-order valence-corrected chi connectivity index (χ4v) is 2.03. The van der Waals surface area contributed by atoms with Crippen LogP contribution in [-0.2, 0) is 13.0 Å². The van der Waals surface area contributed by atoms with E-state index < -0.39 is 0 Å². The minimum Gasteiger partial charge on any atom is -0.493 e. The lowest BCUT2D eigenvalue weighted by molar-refractivity contribution is 0.284. The molecule has 0 spiro atoms. The molecule has 3 nitrogen and oxygen atoms in total. The summed E-state index contributed by atoms with van der Waals surface area (Å²) in [5, 5.41) is 0. The SMILES string of the molecule is COc1ccc(CCCN)cc1OCc1ccccc1. The van der Waals surface area contributed by atoms with E-state index in [1.165, 1.54) is 5.56 Å². The van der Waals surface area contributed by atoms with E-state index in [0.29, 0.717) is 13.2 Å². The van der Waals surface area contributed by atoms with Crippen LogP contribution in [0, 0.1) is 0 Å². The smallest absolute Gasteiger partial charge is 0.161 e. The fourth-order valence-electron chi connectivity index (χ4n) is 2.03. The Labute approximate surface area is 120 Å². The molecule has 0 saturated carbocycles. The van der Waals surface area contributed by atoms with Crippen LogP contribution in [0.1, 0.15) is 17.5 Å². The first-order valence-electron chi connectivity index (χ1n) is 6.87. The number of benzene rings is 2. The molecule has 106 valence electrons. The molecule has 2 rings (SSSR count). The molecule has 20 heavy (non-hydrogen) atoms. The van der Waals surface area contributed by atoms with E-state index in [1.807, 2.05) is 42.5 Å². The molecule has 0 radical (unpaired) electrons. The second-order valence-electron chi connectivity index (χ2n) is 4.65. The van der Waals surface area contributed by atoms with Gasteiger partial charge in [-0.25, -0.2) is 0 Å². The summed E-state index contributed by atoms with van der Waals surface area (Å²) in [5.74, 6) is 1.54. The summed E-state index contributed by atoms with van der Waals surface area (Å²) in [5.41, 5.74) is 7.91. The monoisotopic (exact) mass is 271 g/mol. The number of hydrogen-bond acceptors (Lipinski definition) is 3. The lowest BCUT2D eigenvalue weighted by atomic mass is 10.1. The number of aryl methyl sites for hydroxylation is 1. The van der Waals surface area contributed by atoms with E-state index >= 15 is 0 Å². The Hall–Kier alpha value is -2.00. The lowest BCUT2D eigenvalue weighted by Gasteiger charge is -2.12. The van der Waals surface area contributed by atoms with Crippen molar-refractivity contribution >= 4 is 0 Å². The van der Waals surface area contributed by atoms with Crippen LogP contribution in [0.3, 0.4) is 0 Å². The maximum atomic E-state index is 5.88. The molecule has 2 N–H and O–H groups in total. The third kappa shape index (κ3) is 4.00. The topological polar surface area (TPSA) is 44.5 Å². The van der Waals surface area contributed by atoms with Crippen LogP contribution in [0.25, 0.3) is 0 Å². The van der Waals surface area contributed by atoms with Crippen molar-refractivity contribution in [2.24, 2.45) is 5.73 Å². The van der Waals surface area contributed by atoms with Crippen molar-refractivity contribution < 1.29 is 9.47 Å². The molecule has 0 atom stereocenters. The summed E-state index contributed by atoms with van der Waals surface area (Å²) in [6, 6.07) is 16.2. The lowest BCUT2D eigenvalue weighted by Crippen LogP contribution is -2.02. The van der Waals surface area contributed by atoms with Crippen molar-refractivity contribution in [1.29, 1.82) is 0 Å². The van der Waals surface area contributed by atoms with Crippen LogP contribution in [0.2, 0.25) is 0 Å². The Morgan fingerprint density at radius 2 is 1.75 bits per heavy atom. The number of hydrogen-bond donors (Lipinski definition) is 1. The Kier molecular flexibility index (Phi) is 5.44. The first kappa shape index (κ1) is 14.4. The Balaban J connectivity index is 2.07. The molecule has 3 heteroatoms. The van der Waals surface area contributed by atoms with Crippen LogP contribution in [0.15, 0.2) is 48.5 Å². The van der Waals surface area contributed by atoms with Crippen LogP contribution < -0.4 is 15.2 Å². The van der Waals surface area contributed by atoms with Gasteiger partial charge < -0.3 is 15.2 Å². The van der Waals surface area contributed by atoms with Crippen molar-refractivity contribution in [3.8, 4) is 11.5 Å². The molecule has 0 aliphatic heterocycles. The zero-order chi connectivity index (χ0) is 14.2. The molecule has 2 aromatic rings. The average Bonchev–Trinajstić information content (AvgIpc) is 2.52. The second-order valence-corrected chi connectivity index (χ2v) is 4.65. The van der Waals surface area contributed by atoms with Crippen LogP contribution in [0.4, 0.5) is 0 Å². The highest BCUT2D eigenvalue weighted by atomic mass is 16.5. The van der Waals surface area contributed by atoms with Gasteiger partial charge in [0, 0.05) is 0 Å². The van der Waals surface area contributed by atoms with Gasteiger partial charge in [0.1, 0.15) is 6.61 Å². The first-order chi connectivity index (χ1) is 9.83. The summed E-state index contributed by atoms with van der Waals surface area (Å²) in [6.45, 7) is 1.24. The molecule has 0 bridgehead atoms. The Morgan fingerprint density at radius 1 is 0.950 bits per heavy atom. The molecule has 0 aliphatic carbocycles. The fraction of sp³-hybridized carbons (Fsp3) is 0.294. The van der Waals surface area contributed by atoms with Gasteiger partial charge in [-0.1, -0.05) is 36.4 Å². The summed E-state index contributed by atoms with van der Waals surface area (Å²) < 4.78 is 11.2. The third-order valence-corrected chi connectivity index (χ3v) is 3.13.